The van der Waals surface area contributed by atoms with Crippen LogP contribution >= 0.6 is 27.5 Å². The number of non-ortho nitro benzene ring substituents is 1. The van der Waals surface area contributed by atoms with Crippen LogP contribution in [0.3, 0.4) is 0 Å². The zero-order valence-corrected chi connectivity index (χ0v) is 15.4. The molecule has 130 valence electrons. The number of morpholine rings is 1. The number of benzene rings is 2. The van der Waals surface area contributed by atoms with Crippen molar-refractivity contribution in [2.45, 2.75) is 6.10 Å². The van der Waals surface area contributed by atoms with Crippen LogP contribution in [0.25, 0.3) is 0 Å². The molecular formula is C17H14BrClN2O4. The van der Waals surface area contributed by atoms with Crippen molar-refractivity contribution in [1.82, 2.24) is 4.90 Å². The molecule has 0 radical (unpaired) electrons. The van der Waals surface area contributed by atoms with E-state index in [9.17, 15) is 14.9 Å². The van der Waals surface area contributed by atoms with Crippen molar-refractivity contribution in [2.24, 2.45) is 0 Å². The molecular weight excluding hydrogens is 412 g/mol. The summed E-state index contributed by atoms with van der Waals surface area (Å²) in [5.74, 6) is -0.259. The van der Waals surface area contributed by atoms with Gasteiger partial charge in [-0.1, -0.05) is 39.7 Å². The van der Waals surface area contributed by atoms with Crippen molar-refractivity contribution in [2.75, 3.05) is 19.7 Å². The van der Waals surface area contributed by atoms with Crippen LogP contribution in [0.2, 0.25) is 5.02 Å². The van der Waals surface area contributed by atoms with Gasteiger partial charge in [0.2, 0.25) is 0 Å². The molecule has 0 N–H and O–H groups in total. The Morgan fingerprint density at radius 1 is 1.28 bits per heavy atom. The summed E-state index contributed by atoms with van der Waals surface area (Å²) in [7, 11) is 0. The molecule has 1 atom stereocenters. The number of nitro groups is 1. The molecule has 0 saturated carbocycles. The van der Waals surface area contributed by atoms with Crippen molar-refractivity contribution in [3.8, 4) is 0 Å². The number of nitro benzene ring substituents is 1. The molecule has 1 aliphatic heterocycles. The number of nitrogens with zero attached hydrogens (tertiary/aromatic N) is 2. The van der Waals surface area contributed by atoms with Crippen molar-refractivity contribution in [3.05, 3.63) is 73.2 Å². The summed E-state index contributed by atoms with van der Waals surface area (Å²) in [6.45, 7) is 1.25. The van der Waals surface area contributed by atoms with Crippen LogP contribution in [-0.2, 0) is 4.74 Å². The molecule has 2 aromatic carbocycles. The van der Waals surface area contributed by atoms with Gasteiger partial charge in [0.15, 0.2) is 0 Å². The Kier molecular flexibility index (Phi) is 5.36. The van der Waals surface area contributed by atoms with E-state index < -0.39 is 4.92 Å². The number of rotatable bonds is 3. The highest BCUT2D eigenvalue weighted by atomic mass is 79.9. The van der Waals surface area contributed by atoms with Crippen LogP contribution in [0.4, 0.5) is 5.69 Å². The van der Waals surface area contributed by atoms with Crippen molar-refractivity contribution >= 4 is 39.1 Å². The monoisotopic (exact) mass is 424 g/mol. The molecule has 1 heterocycles. The third kappa shape index (κ3) is 4.00. The van der Waals surface area contributed by atoms with E-state index in [0.29, 0.717) is 19.7 Å². The van der Waals surface area contributed by atoms with E-state index in [1.165, 1.54) is 18.2 Å². The second-order valence-corrected chi connectivity index (χ2v) is 6.91. The first-order chi connectivity index (χ1) is 12.0. The normalized spacial score (nSPS) is 17.4. The number of hydrogen-bond donors (Lipinski definition) is 0. The minimum atomic E-state index is -0.543. The Bertz CT molecular complexity index is 813. The fraction of sp³-hybridized carbons (Fsp3) is 0.235. The molecule has 0 bridgehead atoms. The summed E-state index contributed by atoms with van der Waals surface area (Å²) in [5, 5.41) is 10.9. The predicted octanol–water partition coefficient (Wildman–Crippen LogP) is 4.22. The quantitative estimate of drug-likeness (QED) is 0.545. The Balaban J connectivity index is 1.78. The van der Waals surface area contributed by atoms with E-state index in [2.05, 4.69) is 15.9 Å². The van der Waals surface area contributed by atoms with Gasteiger partial charge in [0.05, 0.1) is 28.7 Å². The fourth-order valence-corrected chi connectivity index (χ4v) is 3.19. The molecule has 1 saturated heterocycles. The van der Waals surface area contributed by atoms with Gasteiger partial charge >= 0.3 is 0 Å². The number of amides is 1. The fourth-order valence-electron chi connectivity index (χ4n) is 2.67. The van der Waals surface area contributed by atoms with Crippen molar-refractivity contribution < 1.29 is 14.5 Å². The Morgan fingerprint density at radius 3 is 2.64 bits per heavy atom. The second kappa shape index (κ2) is 7.51. The number of hydrogen-bond acceptors (Lipinski definition) is 4. The lowest BCUT2D eigenvalue weighted by Gasteiger charge is -2.33. The summed E-state index contributed by atoms with van der Waals surface area (Å²) < 4.78 is 6.74. The summed E-state index contributed by atoms with van der Waals surface area (Å²) in [5.41, 5.74) is 1.09. The molecule has 1 aliphatic rings. The smallest absolute Gasteiger partial charge is 0.270 e. The molecule has 6 nitrogen and oxygen atoms in total. The molecule has 8 heteroatoms. The molecule has 0 aromatic heterocycles. The second-order valence-electron chi connectivity index (χ2n) is 5.58. The molecule has 1 fully saturated rings. The Hall–Kier alpha value is -1.96. The van der Waals surface area contributed by atoms with E-state index in [4.69, 9.17) is 16.3 Å². The highest BCUT2D eigenvalue weighted by molar-refractivity contribution is 9.10. The van der Waals surface area contributed by atoms with Gasteiger partial charge in [0.25, 0.3) is 11.6 Å². The first-order valence-corrected chi connectivity index (χ1v) is 8.73. The van der Waals surface area contributed by atoms with E-state index in [0.717, 1.165) is 10.0 Å². The minimum absolute atomic E-state index is 0.0749. The number of ether oxygens (including phenoxy) is 1. The average molecular weight is 426 g/mol. The SMILES string of the molecule is O=C(c1ccc([N+](=O)[O-])cc1Cl)N1CCOC(c2ccc(Br)cc2)C1. The summed E-state index contributed by atoms with van der Waals surface area (Å²) in [6.07, 6.45) is -0.220. The largest absolute Gasteiger partial charge is 0.370 e. The van der Waals surface area contributed by atoms with Gasteiger partial charge in [-0.3, -0.25) is 14.9 Å². The highest BCUT2D eigenvalue weighted by Gasteiger charge is 2.27. The highest BCUT2D eigenvalue weighted by Crippen LogP contribution is 2.27. The van der Waals surface area contributed by atoms with Gasteiger partial charge in [-0.2, -0.15) is 0 Å². The van der Waals surface area contributed by atoms with Gasteiger partial charge in [-0.05, 0) is 23.8 Å². The van der Waals surface area contributed by atoms with Crippen molar-refractivity contribution in [3.63, 3.8) is 0 Å². The van der Waals surface area contributed by atoms with Crippen LogP contribution in [0.1, 0.15) is 22.0 Å². The Labute approximate surface area is 157 Å². The summed E-state index contributed by atoms with van der Waals surface area (Å²) in [4.78, 5) is 24.6. The third-order valence-corrected chi connectivity index (χ3v) is 4.83. The molecule has 3 rings (SSSR count). The molecule has 0 spiro atoms. The number of halogens is 2. The van der Waals surface area contributed by atoms with Gasteiger partial charge in [-0.15, -0.1) is 0 Å². The first-order valence-electron chi connectivity index (χ1n) is 7.56. The zero-order valence-electron chi connectivity index (χ0n) is 13.0. The maximum Gasteiger partial charge on any atom is 0.270 e. The van der Waals surface area contributed by atoms with Crippen LogP contribution < -0.4 is 0 Å². The van der Waals surface area contributed by atoms with Gasteiger partial charge in [0, 0.05) is 23.2 Å². The third-order valence-electron chi connectivity index (χ3n) is 3.99. The van der Waals surface area contributed by atoms with Crippen LogP contribution in [0.15, 0.2) is 46.9 Å². The Morgan fingerprint density at radius 2 is 2.00 bits per heavy atom. The van der Waals surface area contributed by atoms with E-state index in [1.54, 1.807) is 4.90 Å². The molecule has 0 aliphatic carbocycles. The van der Waals surface area contributed by atoms with Crippen molar-refractivity contribution in [1.29, 1.82) is 0 Å². The lowest BCUT2D eigenvalue weighted by molar-refractivity contribution is -0.384. The zero-order chi connectivity index (χ0) is 18.0. The lowest BCUT2D eigenvalue weighted by Crippen LogP contribution is -2.42. The minimum Gasteiger partial charge on any atom is -0.370 e. The summed E-state index contributed by atoms with van der Waals surface area (Å²) in [6, 6.07) is 11.6. The average Bonchev–Trinajstić information content (AvgIpc) is 2.61. The number of carbonyl (C=O) groups excluding carboxylic acids is 1. The number of carbonyl (C=O) groups is 1. The van der Waals surface area contributed by atoms with Gasteiger partial charge < -0.3 is 9.64 Å². The standard InChI is InChI=1S/C17H14BrClN2O4/c18-12-3-1-11(2-4-12)16-10-20(7-8-25-16)17(22)14-6-5-13(21(23)24)9-15(14)19/h1-6,9,16H,7-8,10H2. The first kappa shape index (κ1) is 17.8. The van der Waals surface area contributed by atoms with Crippen LogP contribution in [0, 0.1) is 10.1 Å². The van der Waals surface area contributed by atoms with E-state index in [-0.39, 0.29) is 28.3 Å². The maximum atomic E-state index is 12.7. The molecule has 1 amide bonds. The molecule has 1 unspecified atom stereocenters. The maximum absolute atomic E-state index is 12.7. The van der Waals surface area contributed by atoms with Crippen LogP contribution in [0.5, 0.6) is 0 Å². The van der Waals surface area contributed by atoms with Gasteiger partial charge in [-0.25, -0.2) is 0 Å². The summed E-state index contributed by atoms with van der Waals surface area (Å²) >= 11 is 9.46. The molecule has 25 heavy (non-hydrogen) atoms. The van der Waals surface area contributed by atoms with E-state index in [1.807, 2.05) is 24.3 Å². The van der Waals surface area contributed by atoms with Gasteiger partial charge in [0.1, 0.15) is 6.10 Å². The molecule has 2 aromatic rings. The van der Waals surface area contributed by atoms with E-state index >= 15 is 0 Å². The topological polar surface area (TPSA) is 72.7 Å². The predicted molar refractivity (Wildman–Crippen MR) is 96.8 cm³/mol. The lowest BCUT2D eigenvalue weighted by atomic mass is 10.1. The van der Waals surface area contributed by atoms with Crippen LogP contribution in [-0.4, -0.2) is 35.4 Å².